The van der Waals surface area contributed by atoms with Crippen LogP contribution in [0.3, 0.4) is 0 Å². The Morgan fingerprint density at radius 3 is 2.27 bits per heavy atom. The molecular weight excluding hydrogens is 296 g/mol. The number of anilines is 1. The van der Waals surface area contributed by atoms with E-state index in [1.54, 1.807) is 6.07 Å². The fraction of sp³-hybridized carbons (Fsp3) is 0.333. The van der Waals surface area contributed by atoms with Crippen molar-refractivity contribution in [2.24, 2.45) is 0 Å². The highest BCUT2D eigenvalue weighted by atomic mass is 35.5. The number of aromatic hydroxyl groups is 1. The van der Waals surface area contributed by atoms with Gasteiger partial charge in [0.15, 0.2) is 0 Å². The highest BCUT2D eigenvalue weighted by Gasteiger charge is 2.24. The number of para-hydroxylation sites is 2. The van der Waals surface area contributed by atoms with Crippen LogP contribution in [0.15, 0.2) is 48.5 Å². The van der Waals surface area contributed by atoms with Crippen LogP contribution in [0.5, 0.6) is 5.75 Å². The van der Waals surface area contributed by atoms with Crippen LogP contribution in [0.4, 0.5) is 5.69 Å². The highest BCUT2D eigenvalue weighted by Crippen LogP contribution is 2.31. The van der Waals surface area contributed by atoms with Crippen molar-refractivity contribution < 1.29 is 5.11 Å². The minimum absolute atomic E-state index is 0.306. The van der Waals surface area contributed by atoms with Crippen LogP contribution in [0.1, 0.15) is 18.5 Å². The molecule has 2 aromatic carbocycles. The van der Waals surface area contributed by atoms with E-state index in [9.17, 15) is 5.11 Å². The van der Waals surface area contributed by atoms with E-state index in [-0.39, 0.29) is 0 Å². The van der Waals surface area contributed by atoms with Crippen LogP contribution in [0.25, 0.3) is 0 Å². The molecule has 1 atom stereocenters. The van der Waals surface area contributed by atoms with Crippen LogP contribution in [-0.2, 0) is 0 Å². The Morgan fingerprint density at radius 1 is 0.955 bits per heavy atom. The van der Waals surface area contributed by atoms with Gasteiger partial charge in [-0.3, -0.25) is 4.90 Å². The van der Waals surface area contributed by atoms with E-state index in [4.69, 9.17) is 11.6 Å². The van der Waals surface area contributed by atoms with Gasteiger partial charge in [0, 0.05) is 37.2 Å². The predicted octanol–water partition coefficient (Wildman–Crippen LogP) is 3.93. The molecule has 2 aromatic rings. The molecule has 0 unspecified atom stereocenters. The summed E-state index contributed by atoms with van der Waals surface area (Å²) in [6.07, 6.45) is 0. The molecule has 0 amide bonds. The van der Waals surface area contributed by atoms with Gasteiger partial charge in [-0.25, -0.2) is 0 Å². The molecule has 3 rings (SSSR count). The van der Waals surface area contributed by atoms with Gasteiger partial charge >= 0.3 is 0 Å². The third-order valence-corrected chi connectivity index (χ3v) is 4.78. The lowest BCUT2D eigenvalue weighted by Crippen LogP contribution is -2.47. The van der Waals surface area contributed by atoms with Gasteiger partial charge in [0.25, 0.3) is 0 Å². The smallest absolute Gasteiger partial charge is 0.138 e. The van der Waals surface area contributed by atoms with E-state index in [0.29, 0.717) is 11.8 Å². The van der Waals surface area contributed by atoms with Crippen LogP contribution in [0.2, 0.25) is 5.02 Å². The first kappa shape index (κ1) is 15.2. The first-order valence-electron chi connectivity index (χ1n) is 7.68. The molecule has 1 aliphatic rings. The van der Waals surface area contributed by atoms with Crippen molar-refractivity contribution in [2.45, 2.75) is 13.0 Å². The minimum Gasteiger partial charge on any atom is -0.506 e. The summed E-state index contributed by atoms with van der Waals surface area (Å²) in [5.41, 5.74) is 2.10. The number of benzene rings is 2. The van der Waals surface area contributed by atoms with E-state index in [2.05, 4.69) is 22.8 Å². The summed E-state index contributed by atoms with van der Waals surface area (Å²) in [4.78, 5) is 4.68. The fourth-order valence-corrected chi connectivity index (χ4v) is 3.39. The number of rotatable bonds is 3. The molecule has 4 heteroatoms. The zero-order valence-electron chi connectivity index (χ0n) is 12.7. The Morgan fingerprint density at radius 2 is 1.59 bits per heavy atom. The molecule has 0 bridgehead atoms. The molecular formula is C18H21ClN2O. The largest absolute Gasteiger partial charge is 0.506 e. The van der Waals surface area contributed by atoms with Gasteiger partial charge in [0.1, 0.15) is 5.75 Å². The molecule has 116 valence electrons. The first-order chi connectivity index (χ1) is 10.7. The minimum atomic E-state index is 0.306. The third kappa shape index (κ3) is 3.06. The molecule has 1 N–H and O–H groups in total. The Bertz CT molecular complexity index is 638. The molecule has 1 aliphatic heterocycles. The SMILES string of the molecule is C[C@@H](c1ccccc1Cl)N1CCN(c2ccccc2O)CC1. The zero-order valence-corrected chi connectivity index (χ0v) is 13.5. The maximum atomic E-state index is 9.98. The van der Waals surface area contributed by atoms with Gasteiger partial charge in [-0.05, 0) is 30.7 Å². The summed E-state index contributed by atoms with van der Waals surface area (Å²) in [6, 6.07) is 15.9. The maximum Gasteiger partial charge on any atom is 0.138 e. The van der Waals surface area contributed by atoms with Crippen LogP contribution in [-0.4, -0.2) is 36.2 Å². The topological polar surface area (TPSA) is 26.7 Å². The van der Waals surface area contributed by atoms with E-state index in [0.717, 1.165) is 36.9 Å². The summed E-state index contributed by atoms with van der Waals surface area (Å²) in [5.74, 6) is 0.357. The second kappa shape index (κ2) is 6.59. The maximum absolute atomic E-state index is 9.98. The molecule has 0 spiro atoms. The molecule has 0 radical (unpaired) electrons. The van der Waals surface area contributed by atoms with Gasteiger partial charge in [-0.2, -0.15) is 0 Å². The third-order valence-electron chi connectivity index (χ3n) is 4.44. The van der Waals surface area contributed by atoms with Gasteiger partial charge in [0.2, 0.25) is 0 Å². The lowest BCUT2D eigenvalue weighted by atomic mass is 10.1. The summed E-state index contributed by atoms with van der Waals surface area (Å²) >= 11 is 6.31. The molecule has 0 aliphatic carbocycles. The quantitative estimate of drug-likeness (QED) is 0.929. The Labute approximate surface area is 136 Å². The second-order valence-corrected chi connectivity index (χ2v) is 6.12. The standard InChI is InChI=1S/C18H21ClN2O/c1-14(15-6-2-3-7-16(15)19)20-10-12-21(13-11-20)17-8-4-5-9-18(17)22/h2-9,14,22H,10-13H2,1H3/t14-/m0/s1. The summed E-state index contributed by atoms with van der Waals surface area (Å²) < 4.78 is 0. The Hall–Kier alpha value is -1.71. The van der Waals surface area contributed by atoms with Gasteiger partial charge < -0.3 is 10.0 Å². The van der Waals surface area contributed by atoms with Crippen molar-refractivity contribution >= 4 is 17.3 Å². The second-order valence-electron chi connectivity index (χ2n) is 5.71. The highest BCUT2D eigenvalue weighted by molar-refractivity contribution is 6.31. The van der Waals surface area contributed by atoms with Crippen molar-refractivity contribution in [2.75, 3.05) is 31.1 Å². The molecule has 0 saturated carbocycles. The summed E-state index contributed by atoms with van der Waals surface area (Å²) in [5, 5.41) is 10.8. The van der Waals surface area contributed by atoms with Crippen LogP contribution in [0, 0.1) is 0 Å². The number of nitrogens with zero attached hydrogens (tertiary/aromatic N) is 2. The average Bonchev–Trinajstić information content (AvgIpc) is 2.55. The Kier molecular flexibility index (Phi) is 4.55. The molecule has 1 heterocycles. The van der Waals surface area contributed by atoms with E-state index in [1.165, 1.54) is 5.56 Å². The normalized spacial score (nSPS) is 17.5. The van der Waals surface area contributed by atoms with Crippen molar-refractivity contribution in [3.05, 3.63) is 59.1 Å². The van der Waals surface area contributed by atoms with Gasteiger partial charge in [0.05, 0.1) is 5.69 Å². The number of phenolic OH excluding ortho intramolecular Hbond substituents is 1. The number of hydrogen-bond acceptors (Lipinski definition) is 3. The summed E-state index contributed by atoms with van der Waals surface area (Å²) in [7, 11) is 0. The molecule has 1 saturated heterocycles. The lowest BCUT2D eigenvalue weighted by Gasteiger charge is -2.39. The molecule has 3 nitrogen and oxygen atoms in total. The van der Waals surface area contributed by atoms with Crippen LogP contribution >= 0.6 is 11.6 Å². The molecule has 0 aromatic heterocycles. The van der Waals surface area contributed by atoms with E-state index < -0.39 is 0 Å². The number of halogens is 1. The Balaban J connectivity index is 1.67. The first-order valence-corrected chi connectivity index (χ1v) is 8.06. The zero-order chi connectivity index (χ0) is 15.5. The lowest BCUT2D eigenvalue weighted by molar-refractivity contribution is 0.198. The predicted molar refractivity (Wildman–Crippen MR) is 91.8 cm³/mol. The molecule has 22 heavy (non-hydrogen) atoms. The number of phenols is 1. The average molecular weight is 317 g/mol. The number of hydrogen-bond donors (Lipinski definition) is 1. The van der Waals surface area contributed by atoms with Crippen LogP contribution < -0.4 is 4.90 Å². The molecule has 1 fully saturated rings. The van der Waals surface area contributed by atoms with Crippen molar-refractivity contribution in [3.63, 3.8) is 0 Å². The van der Waals surface area contributed by atoms with E-state index >= 15 is 0 Å². The number of piperazine rings is 1. The fourth-order valence-electron chi connectivity index (χ4n) is 3.09. The van der Waals surface area contributed by atoms with Gasteiger partial charge in [-0.15, -0.1) is 0 Å². The van der Waals surface area contributed by atoms with Crippen molar-refractivity contribution in [1.82, 2.24) is 4.90 Å². The van der Waals surface area contributed by atoms with Gasteiger partial charge in [-0.1, -0.05) is 41.9 Å². The van der Waals surface area contributed by atoms with E-state index in [1.807, 2.05) is 36.4 Å². The summed E-state index contributed by atoms with van der Waals surface area (Å²) in [6.45, 7) is 5.94. The monoisotopic (exact) mass is 316 g/mol. The van der Waals surface area contributed by atoms with Crippen molar-refractivity contribution in [1.29, 1.82) is 0 Å². The van der Waals surface area contributed by atoms with Crippen molar-refractivity contribution in [3.8, 4) is 5.75 Å².